The molecule has 33 heavy (non-hydrogen) atoms. The molecule has 174 valence electrons. The minimum absolute atomic E-state index is 0.239. The van der Waals surface area contributed by atoms with E-state index >= 15 is 0 Å². The standard InChI is InChI=1S/C23H26F2N6O2/c24-16-3-4-19(25)17(14-16)20-2-1-7-30(20)21-5-8-31-22(28-21)18(15-27-31)23(32)26-6-9-29-10-12-33-13-11-29/h3-5,8,14-15,20H,1-2,6-7,9-13H2,(H,26,32). The molecule has 0 saturated carbocycles. The third-order valence-corrected chi connectivity index (χ3v) is 6.28. The molecule has 1 unspecified atom stereocenters. The van der Waals surface area contributed by atoms with Gasteiger partial charge in [-0.1, -0.05) is 0 Å². The molecule has 1 atom stereocenters. The van der Waals surface area contributed by atoms with Gasteiger partial charge in [-0.25, -0.2) is 18.3 Å². The lowest BCUT2D eigenvalue weighted by atomic mass is 10.0. The molecule has 2 fully saturated rings. The zero-order chi connectivity index (χ0) is 22.8. The van der Waals surface area contributed by atoms with Gasteiger partial charge in [0.15, 0.2) is 5.65 Å². The number of morpholine rings is 1. The molecule has 5 rings (SSSR count). The summed E-state index contributed by atoms with van der Waals surface area (Å²) >= 11 is 0. The largest absolute Gasteiger partial charge is 0.379 e. The van der Waals surface area contributed by atoms with Crippen molar-refractivity contribution in [2.75, 3.05) is 50.8 Å². The molecule has 8 nitrogen and oxygen atoms in total. The fourth-order valence-electron chi connectivity index (χ4n) is 4.56. The highest BCUT2D eigenvalue weighted by atomic mass is 19.1. The van der Waals surface area contributed by atoms with E-state index in [1.807, 2.05) is 4.90 Å². The number of benzene rings is 1. The molecule has 4 heterocycles. The Morgan fingerprint density at radius 1 is 1.18 bits per heavy atom. The van der Waals surface area contributed by atoms with Crippen LogP contribution in [0.1, 0.15) is 34.8 Å². The van der Waals surface area contributed by atoms with Gasteiger partial charge in [0, 0.05) is 44.5 Å². The summed E-state index contributed by atoms with van der Waals surface area (Å²) in [5.41, 5.74) is 1.14. The van der Waals surface area contributed by atoms with Gasteiger partial charge in [0.25, 0.3) is 5.91 Å². The Morgan fingerprint density at radius 2 is 2.03 bits per heavy atom. The van der Waals surface area contributed by atoms with Crippen molar-refractivity contribution in [2.24, 2.45) is 0 Å². The average Bonchev–Trinajstić information content (AvgIpc) is 3.48. The van der Waals surface area contributed by atoms with E-state index in [4.69, 9.17) is 4.74 Å². The van der Waals surface area contributed by atoms with Crippen LogP contribution >= 0.6 is 0 Å². The van der Waals surface area contributed by atoms with E-state index in [0.29, 0.717) is 55.3 Å². The SMILES string of the molecule is O=C(NCCN1CCOCC1)c1cnn2ccc(N3CCCC3c3cc(F)ccc3F)nc12. The highest BCUT2D eigenvalue weighted by Crippen LogP contribution is 2.36. The van der Waals surface area contributed by atoms with Crippen LogP contribution in [-0.4, -0.2) is 71.3 Å². The van der Waals surface area contributed by atoms with Gasteiger partial charge in [0.1, 0.15) is 23.0 Å². The Bertz CT molecular complexity index is 1150. The Balaban J connectivity index is 1.34. The molecule has 2 aromatic heterocycles. The van der Waals surface area contributed by atoms with E-state index in [1.165, 1.54) is 12.3 Å². The van der Waals surface area contributed by atoms with Crippen molar-refractivity contribution in [1.82, 2.24) is 24.8 Å². The van der Waals surface area contributed by atoms with E-state index in [2.05, 4.69) is 20.3 Å². The van der Waals surface area contributed by atoms with E-state index in [0.717, 1.165) is 38.2 Å². The van der Waals surface area contributed by atoms with E-state index in [1.54, 1.807) is 16.8 Å². The van der Waals surface area contributed by atoms with Gasteiger partial charge in [0.05, 0.1) is 25.5 Å². The molecule has 10 heteroatoms. The summed E-state index contributed by atoms with van der Waals surface area (Å²) in [6.45, 7) is 5.09. The molecule has 3 aromatic rings. The Hall–Kier alpha value is -3.11. The second kappa shape index (κ2) is 9.40. The number of hydrogen-bond acceptors (Lipinski definition) is 6. The lowest BCUT2D eigenvalue weighted by Crippen LogP contribution is -2.41. The first kappa shape index (κ1) is 21.7. The summed E-state index contributed by atoms with van der Waals surface area (Å²) in [7, 11) is 0. The van der Waals surface area contributed by atoms with Crippen LogP contribution in [0.3, 0.4) is 0 Å². The van der Waals surface area contributed by atoms with Gasteiger partial charge in [-0.3, -0.25) is 9.69 Å². The van der Waals surface area contributed by atoms with Gasteiger partial charge in [-0.2, -0.15) is 5.10 Å². The van der Waals surface area contributed by atoms with Crippen molar-refractivity contribution in [3.8, 4) is 0 Å². The molecular weight excluding hydrogens is 430 g/mol. The van der Waals surface area contributed by atoms with Crippen molar-refractivity contribution >= 4 is 17.4 Å². The van der Waals surface area contributed by atoms with Gasteiger partial charge in [0.2, 0.25) is 0 Å². The number of carbonyl (C=O) groups is 1. The van der Waals surface area contributed by atoms with E-state index < -0.39 is 11.6 Å². The van der Waals surface area contributed by atoms with Crippen LogP contribution in [0.4, 0.5) is 14.6 Å². The first-order chi connectivity index (χ1) is 16.1. The number of carbonyl (C=O) groups excluding carboxylic acids is 1. The van der Waals surface area contributed by atoms with Gasteiger partial charge < -0.3 is 15.0 Å². The zero-order valence-electron chi connectivity index (χ0n) is 18.2. The van der Waals surface area contributed by atoms with Crippen molar-refractivity contribution < 1.29 is 18.3 Å². The molecule has 1 N–H and O–H groups in total. The summed E-state index contributed by atoms with van der Waals surface area (Å²) < 4.78 is 35.1. The molecule has 0 aliphatic carbocycles. The molecule has 0 radical (unpaired) electrons. The number of anilines is 1. The molecule has 2 aliphatic rings. The number of ether oxygens (including phenoxy) is 1. The molecule has 2 saturated heterocycles. The number of fused-ring (bicyclic) bond motifs is 1. The second-order valence-electron chi connectivity index (χ2n) is 8.34. The van der Waals surface area contributed by atoms with Crippen molar-refractivity contribution in [1.29, 1.82) is 0 Å². The zero-order valence-corrected chi connectivity index (χ0v) is 18.2. The van der Waals surface area contributed by atoms with Crippen LogP contribution in [0.5, 0.6) is 0 Å². The minimum atomic E-state index is -0.464. The predicted molar refractivity (Wildman–Crippen MR) is 118 cm³/mol. The maximum absolute atomic E-state index is 14.4. The molecule has 1 amide bonds. The number of nitrogens with zero attached hydrogens (tertiary/aromatic N) is 5. The van der Waals surface area contributed by atoms with Crippen LogP contribution in [-0.2, 0) is 4.74 Å². The first-order valence-corrected chi connectivity index (χ1v) is 11.2. The van der Waals surface area contributed by atoms with Crippen molar-refractivity contribution in [3.05, 3.63) is 59.4 Å². The minimum Gasteiger partial charge on any atom is -0.379 e. The molecular formula is C23H26F2N6O2. The van der Waals surface area contributed by atoms with Crippen LogP contribution in [0, 0.1) is 11.6 Å². The van der Waals surface area contributed by atoms with Gasteiger partial charge >= 0.3 is 0 Å². The Kier molecular flexibility index (Phi) is 6.19. The lowest BCUT2D eigenvalue weighted by Gasteiger charge is -2.26. The summed E-state index contributed by atoms with van der Waals surface area (Å²) in [4.78, 5) is 21.7. The van der Waals surface area contributed by atoms with Crippen molar-refractivity contribution in [3.63, 3.8) is 0 Å². The summed E-state index contributed by atoms with van der Waals surface area (Å²) in [5.74, 6) is -0.527. The van der Waals surface area contributed by atoms with Crippen LogP contribution in [0.25, 0.3) is 5.65 Å². The Morgan fingerprint density at radius 3 is 2.88 bits per heavy atom. The third kappa shape index (κ3) is 4.53. The first-order valence-electron chi connectivity index (χ1n) is 11.2. The highest BCUT2D eigenvalue weighted by Gasteiger charge is 2.30. The molecule has 0 bridgehead atoms. The monoisotopic (exact) mass is 456 g/mol. The third-order valence-electron chi connectivity index (χ3n) is 6.28. The number of halogens is 2. The van der Waals surface area contributed by atoms with E-state index in [-0.39, 0.29) is 11.9 Å². The number of aromatic nitrogens is 3. The number of hydrogen-bond donors (Lipinski definition) is 1. The molecule has 1 aromatic carbocycles. The summed E-state index contributed by atoms with van der Waals surface area (Å²) in [6.07, 6.45) is 4.77. The number of nitrogens with one attached hydrogen (secondary N) is 1. The summed E-state index contributed by atoms with van der Waals surface area (Å²) in [6, 6.07) is 5.01. The smallest absolute Gasteiger partial charge is 0.256 e. The fraction of sp³-hybridized carbons (Fsp3) is 0.435. The maximum atomic E-state index is 14.4. The van der Waals surface area contributed by atoms with Crippen LogP contribution in [0.2, 0.25) is 0 Å². The molecule has 2 aliphatic heterocycles. The molecule has 0 spiro atoms. The second-order valence-corrected chi connectivity index (χ2v) is 8.34. The predicted octanol–water partition coefficient (Wildman–Crippen LogP) is 2.41. The number of amides is 1. The van der Waals surface area contributed by atoms with E-state index in [9.17, 15) is 13.6 Å². The maximum Gasteiger partial charge on any atom is 0.256 e. The van der Waals surface area contributed by atoms with Gasteiger partial charge in [-0.05, 0) is 37.1 Å². The van der Waals surface area contributed by atoms with Gasteiger partial charge in [-0.15, -0.1) is 0 Å². The summed E-state index contributed by atoms with van der Waals surface area (Å²) in [5, 5.41) is 7.19. The van der Waals surface area contributed by atoms with Crippen LogP contribution < -0.4 is 10.2 Å². The highest BCUT2D eigenvalue weighted by molar-refractivity contribution is 5.99. The Labute approximate surface area is 190 Å². The quantitative estimate of drug-likeness (QED) is 0.614. The van der Waals surface area contributed by atoms with Crippen LogP contribution in [0.15, 0.2) is 36.7 Å². The fourth-order valence-corrected chi connectivity index (χ4v) is 4.56. The van der Waals surface area contributed by atoms with Crippen molar-refractivity contribution in [2.45, 2.75) is 18.9 Å². The topological polar surface area (TPSA) is 75.0 Å². The normalized spacial score (nSPS) is 19.3. The lowest BCUT2D eigenvalue weighted by molar-refractivity contribution is 0.0383. The average molecular weight is 456 g/mol. The number of rotatable bonds is 6.